The van der Waals surface area contributed by atoms with Crippen molar-refractivity contribution in [2.45, 2.75) is 29.0 Å². The molecular formula is C20H19NO5S. The molecule has 0 aromatic heterocycles. The summed E-state index contributed by atoms with van der Waals surface area (Å²) < 4.78 is 9.82. The van der Waals surface area contributed by atoms with Gasteiger partial charge in [0, 0.05) is 4.90 Å². The molecule has 1 unspecified atom stereocenters. The van der Waals surface area contributed by atoms with Gasteiger partial charge in [0.25, 0.3) is 0 Å². The zero-order valence-electron chi connectivity index (χ0n) is 14.7. The van der Waals surface area contributed by atoms with Crippen molar-refractivity contribution in [3.63, 3.8) is 0 Å². The van der Waals surface area contributed by atoms with Crippen molar-refractivity contribution >= 4 is 23.6 Å². The molecular weight excluding hydrogens is 366 g/mol. The second-order valence-electron chi connectivity index (χ2n) is 6.69. The SMILES string of the molecule is Cc1ccc(S[C@]2(C(=O)O)CC(=O)NC2c2ccc3c(c2)OCCO3)cc1. The standard InChI is InChI=1S/C20H19NO5S/c1-12-2-5-14(6-3-12)27-20(19(23)24)11-17(22)21-18(20)13-4-7-15-16(10-13)26-9-8-25-15/h2-7,10,18H,8-9,11H2,1H3,(H,21,22)(H,23,24)/t18?,20-/m1/s1. The number of nitrogens with one attached hydrogen (secondary N) is 1. The van der Waals surface area contributed by atoms with Crippen LogP contribution in [0.15, 0.2) is 47.4 Å². The predicted octanol–water partition coefficient (Wildman–Crippen LogP) is 2.94. The fraction of sp³-hybridized carbons (Fsp3) is 0.300. The summed E-state index contributed by atoms with van der Waals surface area (Å²) in [4.78, 5) is 25.4. The van der Waals surface area contributed by atoms with Gasteiger partial charge in [0.1, 0.15) is 13.2 Å². The third-order valence-electron chi connectivity index (χ3n) is 4.78. The first kappa shape index (κ1) is 17.7. The lowest BCUT2D eigenvalue weighted by molar-refractivity contribution is -0.140. The fourth-order valence-electron chi connectivity index (χ4n) is 3.42. The normalized spacial score (nSPS) is 23.7. The van der Waals surface area contributed by atoms with Gasteiger partial charge in [-0.25, -0.2) is 0 Å². The summed E-state index contributed by atoms with van der Waals surface area (Å²) in [6.45, 7) is 2.89. The maximum Gasteiger partial charge on any atom is 0.323 e. The van der Waals surface area contributed by atoms with E-state index in [0.29, 0.717) is 30.3 Å². The van der Waals surface area contributed by atoms with Gasteiger partial charge < -0.3 is 19.9 Å². The number of aryl methyl sites for hydroxylation is 1. The summed E-state index contributed by atoms with van der Waals surface area (Å²) in [6, 6.07) is 12.3. The largest absolute Gasteiger partial charge is 0.486 e. The smallest absolute Gasteiger partial charge is 0.323 e. The molecule has 2 heterocycles. The summed E-state index contributed by atoms with van der Waals surface area (Å²) in [7, 11) is 0. The quantitative estimate of drug-likeness (QED) is 0.842. The second-order valence-corrected chi connectivity index (χ2v) is 8.09. The van der Waals surface area contributed by atoms with Crippen molar-refractivity contribution in [2.24, 2.45) is 0 Å². The van der Waals surface area contributed by atoms with Gasteiger partial charge in [-0.2, -0.15) is 0 Å². The van der Waals surface area contributed by atoms with Crippen molar-refractivity contribution in [1.82, 2.24) is 5.32 Å². The molecule has 2 aliphatic heterocycles. The minimum atomic E-state index is -1.34. The van der Waals surface area contributed by atoms with Crippen molar-refractivity contribution in [2.75, 3.05) is 13.2 Å². The van der Waals surface area contributed by atoms with Crippen LogP contribution in [0.4, 0.5) is 0 Å². The Balaban J connectivity index is 1.74. The van der Waals surface area contributed by atoms with Crippen molar-refractivity contribution < 1.29 is 24.2 Å². The van der Waals surface area contributed by atoms with Gasteiger partial charge in [-0.1, -0.05) is 23.8 Å². The lowest BCUT2D eigenvalue weighted by Gasteiger charge is -2.30. The monoisotopic (exact) mass is 385 g/mol. The topological polar surface area (TPSA) is 84.9 Å². The molecule has 27 heavy (non-hydrogen) atoms. The Morgan fingerprint density at radius 3 is 2.56 bits per heavy atom. The lowest BCUT2D eigenvalue weighted by Crippen LogP contribution is -2.40. The summed E-state index contributed by atoms with van der Waals surface area (Å²) >= 11 is 1.20. The van der Waals surface area contributed by atoms with E-state index in [2.05, 4.69) is 5.32 Å². The van der Waals surface area contributed by atoms with Gasteiger partial charge in [0.05, 0.1) is 12.5 Å². The number of rotatable bonds is 4. The summed E-state index contributed by atoms with van der Waals surface area (Å²) in [5, 5.41) is 12.9. The Bertz CT molecular complexity index is 898. The van der Waals surface area contributed by atoms with Gasteiger partial charge in [-0.3, -0.25) is 9.59 Å². The molecule has 0 saturated carbocycles. The lowest BCUT2D eigenvalue weighted by atomic mass is 9.93. The number of fused-ring (bicyclic) bond motifs is 1. The highest BCUT2D eigenvalue weighted by Crippen LogP contribution is 2.49. The van der Waals surface area contributed by atoms with Crippen LogP contribution in [0.5, 0.6) is 11.5 Å². The van der Waals surface area contributed by atoms with Gasteiger partial charge in [0.15, 0.2) is 16.2 Å². The molecule has 4 rings (SSSR count). The van der Waals surface area contributed by atoms with E-state index in [-0.39, 0.29) is 12.3 Å². The first-order valence-corrected chi connectivity index (χ1v) is 9.47. The maximum absolute atomic E-state index is 12.3. The summed E-state index contributed by atoms with van der Waals surface area (Å²) in [5.74, 6) is -0.107. The first-order chi connectivity index (χ1) is 13.0. The average Bonchev–Trinajstić information content (AvgIpc) is 3.00. The Hall–Kier alpha value is -2.67. The van der Waals surface area contributed by atoms with Gasteiger partial charge in [-0.05, 0) is 36.8 Å². The van der Waals surface area contributed by atoms with Crippen LogP contribution in [0.3, 0.4) is 0 Å². The third-order valence-corrected chi connectivity index (χ3v) is 6.20. The molecule has 6 nitrogen and oxygen atoms in total. The van der Waals surface area contributed by atoms with Crippen LogP contribution in [-0.4, -0.2) is 34.9 Å². The van der Waals surface area contributed by atoms with E-state index in [4.69, 9.17) is 9.47 Å². The fourth-order valence-corrected chi connectivity index (χ4v) is 4.71. The molecule has 2 N–H and O–H groups in total. The molecule has 2 aliphatic rings. The number of ether oxygens (including phenoxy) is 2. The number of carbonyl (C=O) groups excluding carboxylic acids is 1. The van der Waals surface area contributed by atoms with E-state index in [9.17, 15) is 14.7 Å². The molecule has 0 bridgehead atoms. The minimum absolute atomic E-state index is 0.0972. The number of benzene rings is 2. The average molecular weight is 385 g/mol. The molecule has 2 aromatic carbocycles. The van der Waals surface area contributed by atoms with Crippen LogP contribution in [-0.2, 0) is 9.59 Å². The number of carbonyl (C=O) groups is 2. The second kappa shape index (κ2) is 6.81. The Kier molecular flexibility index (Phi) is 4.47. The van der Waals surface area contributed by atoms with Crippen molar-refractivity contribution in [3.05, 3.63) is 53.6 Å². The highest BCUT2D eigenvalue weighted by Gasteiger charge is 2.54. The molecule has 7 heteroatoms. The molecule has 1 saturated heterocycles. The Labute approximate surface area is 160 Å². The van der Waals surface area contributed by atoms with Gasteiger partial charge in [-0.15, -0.1) is 11.8 Å². The van der Waals surface area contributed by atoms with E-state index < -0.39 is 16.8 Å². The number of carboxylic acids is 1. The van der Waals surface area contributed by atoms with Crippen LogP contribution < -0.4 is 14.8 Å². The van der Waals surface area contributed by atoms with E-state index >= 15 is 0 Å². The Morgan fingerprint density at radius 1 is 1.15 bits per heavy atom. The number of aliphatic carboxylic acids is 1. The molecule has 0 aliphatic carbocycles. The van der Waals surface area contributed by atoms with Crippen LogP contribution in [0.25, 0.3) is 0 Å². The molecule has 1 fully saturated rings. The molecule has 2 atom stereocenters. The predicted molar refractivity (Wildman–Crippen MR) is 100 cm³/mol. The zero-order valence-corrected chi connectivity index (χ0v) is 15.5. The number of thioether (sulfide) groups is 1. The highest BCUT2D eigenvalue weighted by molar-refractivity contribution is 8.01. The van der Waals surface area contributed by atoms with Crippen LogP contribution in [0.1, 0.15) is 23.6 Å². The summed E-state index contributed by atoms with van der Waals surface area (Å²) in [6.07, 6.45) is -0.0972. The van der Waals surface area contributed by atoms with Gasteiger partial charge in [0.2, 0.25) is 5.91 Å². The van der Waals surface area contributed by atoms with Gasteiger partial charge >= 0.3 is 5.97 Å². The minimum Gasteiger partial charge on any atom is -0.486 e. The number of amides is 1. The molecule has 0 spiro atoms. The highest BCUT2D eigenvalue weighted by atomic mass is 32.2. The number of carboxylic acid groups (broad SMARTS) is 1. The van der Waals surface area contributed by atoms with E-state index in [1.807, 2.05) is 31.2 Å². The number of hydrogen-bond acceptors (Lipinski definition) is 5. The maximum atomic E-state index is 12.3. The van der Waals surface area contributed by atoms with Crippen LogP contribution >= 0.6 is 11.8 Å². The summed E-state index contributed by atoms with van der Waals surface area (Å²) in [5.41, 5.74) is 1.78. The van der Waals surface area contributed by atoms with E-state index in [1.54, 1.807) is 18.2 Å². The molecule has 140 valence electrons. The Morgan fingerprint density at radius 2 is 1.85 bits per heavy atom. The first-order valence-electron chi connectivity index (χ1n) is 8.66. The van der Waals surface area contributed by atoms with E-state index in [0.717, 1.165) is 10.5 Å². The molecule has 0 radical (unpaired) electrons. The van der Waals surface area contributed by atoms with E-state index in [1.165, 1.54) is 11.8 Å². The molecule has 1 amide bonds. The van der Waals surface area contributed by atoms with Crippen LogP contribution in [0, 0.1) is 6.92 Å². The van der Waals surface area contributed by atoms with Crippen molar-refractivity contribution in [3.8, 4) is 11.5 Å². The van der Waals surface area contributed by atoms with Crippen molar-refractivity contribution in [1.29, 1.82) is 0 Å². The number of hydrogen-bond donors (Lipinski definition) is 2. The third kappa shape index (κ3) is 3.23. The zero-order chi connectivity index (χ0) is 19.0. The van der Waals surface area contributed by atoms with Crippen LogP contribution in [0.2, 0.25) is 0 Å². The molecule has 2 aromatic rings.